The standard InChI is InChI=1S/C22H20N8O/c1-28-14-26-27-20(28)15-6-10-29(11-7-15)19-16(12-23)4-2-5-17(19)18-13-25-22(31)30-9-3-8-24-21(18)30/h2-5,8-9,13-15H,6-7,10-11H2,1H3. The number of aromatic nitrogens is 6. The number of para-hydroxylation sites is 1. The van der Waals surface area contributed by atoms with Crippen molar-refractivity contribution < 1.29 is 0 Å². The van der Waals surface area contributed by atoms with Crippen LogP contribution in [-0.4, -0.2) is 42.2 Å². The van der Waals surface area contributed by atoms with Crippen LogP contribution in [0.15, 0.2) is 54.0 Å². The lowest BCUT2D eigenvalue weighted by Gasteiger charge is -2.35. The Bertz CT molecular complexity index is 1360. The molecule has 5 rings (SSSR count). The highest BCUT2D eigenvalue weighted by atomic mass is 16.1. The normalized spacial score (nSPS) is 14.6. The van der Waals surface area contributed by atoms with Gasteiger partial charge in [-0.3, -0.25) is 4.40 Å². The number of nitriles is 1. The third-order valence-electron chi connectivity index (χ3n) is 5.87. The van der Waals surface area contributed by atoms with Gasteiger partial charge in [0.05, 0.1) is 11.3 Å². The topological polar surface area (TPSA) is 105 Å². The van der Waals surface area contributed by atoms with E-state index in [-0.39, 0.29) is 5.69 Å². The molecule has 0 saturated carbocycles. The van der Waals surface area contributed by atoms with Crippen molar-refractivity contribution in [1.82, 2.24) is 29.1 Å². The van der Waals surface area contributed by atoms with Crippen molar-refractivity contribution >= 4 is 11.3 Å². The van der Waals surface area contributed by atoms with Gasteiger partial charge in [0, 0.05) is 55.8 Å². The third-order valence-corrected chi connectivity index (χ3v) is 5.87. The predicted molar refractivity (Wildman–Crippen MR) is 115 cm³/mol. The molecule has 1 saturated heterocycles. The molecule has 0 atom stereocenters. The summed E-state index contributed by atoms with van der Waals surface area (Å²) in [6.07, 6.45) is 8.42. The number of hydrogen-bond acceptors (Lipinski definition) is 7. The number of aryl methyl sites for hydroxylation is 1. The van der Waals surface area contributed by atoms with Crippen LogP contribution < -0.4 is 10.6 Å². The molecule has 1 aliphatic heterocycles. The molecule has 3 aromatic heterocycles. The summed E-state index contributed by atoms with van der Waals surface area (Å²) < 4.78 is 3.40. The lowest BCUT2D eigenvalue weighted by molar-refractivity contribution is 0.474. The lowest BCUT2D eigenvalue weighted by Crippen LogP contribution is -2.34. The Balaban J connectivity index is 1.57. The largest absolute Gasteiger partial charge is 0.370 e. The number of anilines is 1. The highest BCUT2D eigenvalue weighted by molar-refractivity contribution is 5.88. The second-order valence-electron chi connectivity index (χ2n) is 7.64. The Morgan fingerprint density at radius 3 is 2.71 bits per heavy atom. The predicted octanol–water partition coefficient (Wildman–Crippen LogP) is 2.14. The highest BCUT2D eigenvalue weighted by Crippen LogP contribution is 2.38. The van der Waals surface area contributed by atoms with E-state index in [1.54, 1.807) is 31.0 Å². The minimum Gasteiger partial charge on any atom is -0.370 e. The second-order valence-corrected chi connectivity index (χ2v) is 7.64. The van der Waals surface area contributed by atoms with Gasteiger partial charge < -0.3 is 9.47 Å². The molecule has 1 aliphatic rings. The number of benzene rings is 1. The smallest absolute Gasteiger partial charge is 0.353 e. The summed E-state index contributed by atoms with van der Waals surface area (Å²) in [5.74, 6) is 1.33. The van der Waals surface area contributed by atoms with Gasteiger partial charge in [0.25, 0.3) is 0 Å². The molecule has 31 heavy (non-hydrogen) atoms. The van der Waals surface area contributed by atoms with E-state index in [0.29, 0.717) is 17.1 Å². The molecule has 1 aromatic carbocycles. The minimum absolute atomic E-state index is 0.334. The zero-order chi connectivity index (χ0) is 21.4. The van der Waals surface area contributed by atoms with E-state index in [9.17, 15) is 10.1 Å². The summed E-state index contributed by atoms with van der Waals surface area (Å²) >= 11 is 0. The first-order valence-corrected chi connectivity index (χ1v) is 10.1. The van der Waals surface area contributed by atoms with Crippen molar-refractivity contribution in [3.8, 4) is 17.2 Å². The molecule has 0 bridgehead atoms. The van der Waals surface area contributed by atoms with Gasteiger partial charge in [0.15, 0.2) is 0 Å². The van der Waals surface area contributed by atoms with Gasteiger partial charge >= 0.3 is 5.69 Å². The fraction of sp³-hybridized carbons (Fsp3) is 0.273. The molecule has 0 spiro atoms. The van der Waals surface area contributed by atoms with Crippen LogP contribution in [0, 0.1) is 11.3 Å². The number of nitrogens with zero attached hydrogens (tertiary/aromatic N) is 8. The van der Waals surface area contributed by atoms with Gasteiger partial charge in [-0.15, -0.1) is 10.2 Å². The van der Waals surface area contributed by atoms with Crippen LogP contribution in [0.2, 0.25) is 0 Å². The fourth-order valence-corrected chi connectivity index (χ4v) is 4.37. The maximum atomic E-state index is 12.2. The summed E-state index contributed by atoms with van der Waals surface area (Å²) in [6, 6.07) is 9.67. The summed E-state index contributed by atoms with van der Waals surface area (Å²) in [4.78, 5) is 22.9. The zero-order valence-electron chi connectivity index (χ0n) is 17.0. The van der Waals surface area contributed by atoms with Crippen LogP contribution in [0.1, 0.15) is 30.1 Å². The number of piperidine rings is 1. The van der Waals surface area contributed by atoms with Crippen molar-refractivity contribution in [2.75, 3.05) is 18.0 Å². The molecule has 4 aromatic rings. The van der Waals surface area contributed by atoms with E-state index in [1.807, 2.05) is 29.8 Å². The zero-order valence-corrected chi connectivity index (χ0v) is 17.0. The molecule has 4 heterocycles. The molecule has 0 aliphatic carbocycles. The van der Waals surface area contributed by atoms with Crippen molar-refractivity contribution in [3.63, 3.8) is 0 Å². The SMILES string of the molecule is Cn1cnnc1C1CCN(c2c(C#N)cccc2-c2cnc(=O)n3cccnc23)CC1. The molecule has 0 N–H and O–H groups in total. The van der Waals surface area contributed by atoms with Crippen LogP contribution in [0.4, 0.5) is 5.69 Å². The van der Waals surface area contributed by atoms with Gasteiger partial charge in [0.2, 0.25) is 0 Å². The molecular weight excluding hydrogens is 392 g/mol. The summed E-state index contributed by atoms with van der Waals surface area (Å²) in [5, 5.41) is 18.1. The first-order chi connectivity index (χ1) is 15.2. The van der Waals surface area contributed by atoms with Crippen LogP contribution in [0.25, 0.3) is 16.8 Å². The van der Waals surface area contributed by atoms with E-state index in [1.165, 1.54) is 4.40 Å². The molecule has 9 nitrogen and oxygen atoms in total. The first kappa shape index (κ1) is 18.9. The molecule has 9 heteroatoms. The van der Waals surface area contributed by atoms with Crippen LogP contribution in [-0.2, 0) is 7.05 Å². The Kier molecular flexibility index (Phi) is 4.67. The number of hydrogen-bond donors (Lipinski definition) is 0. The van der Waals surface area contributed by atoms with E-state index in [2.05, 4.69) is 31.1 Å². The number of fused-ring (bicyclic) bond motifs is 1. The molecule has 0 amide bonds. The Labute approximate surface area is 178 Å². The molecule has 0 radical (unpaired) electrons. The van der Waals surface area contributed by atoms with Crippen LogP contribution >= 0.6 is 0 Å². The summed E-state index contributed by atoms with van der Waals surface area (Å²) in [6.45, 7) is 1.57. The van der Waals surface area contributed by atoms with Crippen molar-refractivity contribution in [1.29, 1.82) is 5.26 Å². The molecule has 0 unspecified atom stereocenters. The third kappa shape index (κ3) is 3.22. The van der Waals surface area contributed by atoms with Crippen molar-refractivity contribution in [2.45, 2.75) is 18.8 Å². The second kappa shape index (κ2) is 7.65. The van der Waals surface area contributed by atoms with Crippen molar-refractivity contribution in [3.05, 3.63) is 71.1 Å². The van der Waals surface area contributed by atoms with E-state index in [4.69, 9.17) is 0 Å². The van der Waals surface area contributed by atoms with Gasteiger partial charge in [-0.2, -0.15) is 5.26 Å². The Morgan fingerprint density at radius 2 is 1.97 bits per heavy atom. The summed E-state index contributed by atoms with van der Waals surface area (Å²) in [7, 11) is 1.97. The van der Waals surface area contributed by atoms with Crippen molar-refractivity contribution in [2.24, 2.45) is 7.05 Å². The first-order valence-electron chi connectivity index (χ1n) is 10.1. The average Bonchev–Trinajstić information content (AvgIpc) is 3.25. The van der Waals surface area contributed by atoms with E-state index < -0.39 is 0 Å². The van der Waals surface area contributed by atoms with Crippen LogP contribution in [0.5, 0.6) is 0 Å². The lowest BCUT2D eigenvalue weighted by atomic mass is 9.93. The van der Waals surface area contributed by atoms with Gasteiger partial charge in [-0.1, -0.05) is 12.1 Å². The molecular formula is C22H20N8O. The van der Waals surface area contributed by atoms with Gasteiger partial charge in [-0.25, -0.2) is 14.8 Å². The van der Waals surface area contributed by atoms with Crippen LogP contribution in [0.3, 0.4) is 0 Å². The molecule has 154 valence electrons. The fourth-order valence-electron chi connectivity index (χ4n) is 4.37. The Morgan fingerprint density at radius 1 is 1.13 bits per heavy atom. The maximum absolute atomic E-state index is 12.2. The minimum atomic E-state index is -0.380. The average molecular weight is 412 g/mol. The maximum Gasteiger partial charge on any atom is 0.353 e. The quantitative estimate of drug-likeness (QED) is 0.508. The number of rotatable bonds is 3. The van der Waals surface area contributed by atoms with E-state index >= 15 is 0 Å². The summed E-state index contributed by atoms with van der Waals surface area (Å²) in [5.41, 5.74) is 3.16. The monoisotopic (exact) mass is 412 g/mol. The van der Waals surface area contributed by atoms with E-state index in [0.717, 1.165) is 48.6 Å². The van der Waals surface area contributed by atoms with Gasteiger partial charge in [-0.05, 0) is 25.0 Å². The molecule has 1 fully saturated rings. The highest BCUT2D eigenvalue weighted by Gasteiger charge is 2.27. The van der Waals surface area contributed by atoms with Gasteiger partial charge in [0.1, 0.15) is 23.9 Å². The Hall–Kier alpha value is -4.06.